The van der Waals surface area contributed by atoms with Crippen molar-refractivity contribution in [2.24, 2.45) is 5.92 Å². The third kappa shape index (κ3) is 3.36. The van der Waals surface area contributed by atoms with E-state index in [1.165, 1.54) is 0 Å². The summed E-state index contributed by atoms with van der Waals surface area (Å²) in [7, 11) is 1.65. The highest BCUT2D eigenvalue weighted by molar-refractivity contribution is 7.09. The lowest BCUT2D eigenvalue weighted by atomic mass is 10.0. The monoisotopic (exact) mass is 215 g/mol. The Morgan fingerprint density at radius 3 is 2.86 bits per heavy atom. The van der Waals surface area contributed by atoms with Crippen LogP contribution in [0.25, 0.3) is 0 Å². The van der Waals surface area contributed by atoms with E-state index in [-0.39, 0.29) is 12.0 Å². The van der Waals surface area contributed by atoms with Crippen LogP contribution in [0, 0.1) is 12.8 Å². The molecule has 0 aromatic carbocycles. The lowest BCUT2D eigenvalue weighted by molar-refractivity contribution is 0.0574. The summed E-state index contributed by atoms with van der Waals surface area (Å²) < 4.78 is 4.99. The zero-order chi connectivity index (χ0) is 10.6. The number of aliphatic hydroxyl groups excluding tert-OH is 1. The zero-order valence-corrected chi connectivity index (χ0v) is 9.67. The summed E-state index contributed by atoms with van der Waals surface area (Å²) in [5, 5.41) is 12.8. The van der Waals surface area contributed by atoms with Crippen molar-refractivity contribution in [3.05, 3.63) is 16.1 Å². The maximum atomic E-state index is 9.80. The van der Waals surface area contributed by atoms with Gasteiger partial charge in [0.1, 0.15) is 0 Å². The van der Waals surface area contributed by atoms with Crippen LogP contribution in [0.5, 0.6) is 0 Å². The van der Waals surface area contributed by atoms with Crippen LogP contribution < -0.4 is 0 Å². The van der Waals surface area contributed by atoms with Gasteiger partial charge >= 0.3 is 0 Å². The Morgan fingerprint density at radius 1 is 1.64 bits per heavy atom. The fraction of sp³-hybridized carbons (Fsp3) is 0.700. The molecule has 1 aromatic rings. The van der Waals surface area contributed by atoms with Gasteiger partial charge in [-0.25, -0.2) is 4.98 Å². The summed E-state index contributed by atoms with van der Waals surface area (Å²) in [5.41, 5.74) is 1.02. The molecule has 4 heteroatoms. The maximum absolute atomic E-state index is 9.80. The minimum atomic E-state index is -0.361. The molecule has 1 heterocycles. The minimum absolute atomic E-state index is 0.157. The highest BCUT2D eigenvalue weighted by Gasteiger charge is 2.15. The number of nitrogens with zero attached hydrogens (tertiary/aromatic N) is 1. The Hall–Kier alpha value is -0.450. The second-order valence-electron chi connectivity index (χ2n) is 3.59. The van der Waals surface area contributed by atoms with Gasteiger partial charge in [0.2, 0.25) is 0 Å². The van der Waals surface area contributed by atoms with Crippen LogP contribution in [0.4, 0.5) is 0 Å². The molecular weight excluding hydrogens is 198 g/mol. The second-order valence-corrected chi connectivity index (χ2v) is 4.53. The van der Waals surface area contributed by atoms with E-state index >= 15 is 0 Å². The predicted octanol–water partition coefficient (Wildman–Crippen LogP) is 1.64. The molecule has 14 heavy (non-hydrogen) atoms. The van der Waals surface area contributed by atoms with E-state index in [1.807, 2.05) is 19.2 Å². The average molecular weight is 215 g/mol. The van der Waals surface area contributed by atoms with Gasteiger partial charge in [-0.1, -0.05) is 6.92 Å². The number of rotatable bonds is 5. The van der Waals surface area contributed by atoms with Crippen molar-refractivity contribution in [2.75, 3.05) is 13.7 Å². The molecule has 0 radical (unpaired) electrons. The molecule has 0 saturated carbocycles. The van der Waals surface area contributed by atoms with Crippen LogP contribution in [0.2, 0.25) is 0 Å². The molecule has 0 spiro atoms. The van der Waals surface area contributed by atoms with Crippen molar-refractivity contribution in [3.8, 4) is 0 Å². The van der Waals surface area contributed by atoms with Crippen LogP contribution >= 0.6 is 11.3 Å². The minimum Gasteiger partial charge on any atom is -0.392 e. The number of ether oxygens (including phenoxy) is 1. The summed E-state index contributed by atoms with van der Waals surface area (Å²) >= 11 is 1.60. The molecule has 0 saturated heterocycles. The Labute approximate surface area is 88.8 Å². The molecule has 0 fully saturated rings. The van der Waals surface area contributed by atoms with Crippen LogP contribution in [0.15, 0.2) is 5.38 Å². The van der Waals surface area contributed by atoms with Gasteiger partial charge in [-0.05, 0) is 6.92 Å². The van der Waals surface area contributed by atoms with Crippen molar-refractivity contribution < 1.29 is 9.84 Å². The topological polar surface area (TPSA) is 42.4 Å². The van der Waals surface area contributed by atoms with E-state index in [1.54, 1.807) is 18.4 Å². The average Bonchev–Trinajstić information content (AvgIpc) is 2.51. The normalized spacial score (nSPS) is 15.4. The van der Waals surface area contributed by atoms with Crippen LogP contribution in [0.1, 0.15) is 17.6 Å². The first-order chi connectivity index (χ1) is 6.63. The molecule has 3 nitrogen and oxygen atoms in total. The molecule has 0 amide bonds. The lowest BCUT2D eigenvalue weighted by Gasteiger charge is -2.16. The molecule has 1 rings (SSSR count). The van der Waals surface area contributed by atoms with E-state index in [2.05, 4.69) is 4.98 Å². The largest absolute Gasteiger partial charge is 0.392 e. The summed E-state index contributed by atoms with van der Waals surface area (Å²) in [6.45, 7) is 4.53. The van der Waals surface area contributed by atoms with Crippen molar-refractivity contribution in [1.82, 2.24) is 4.98 Å². The first-order valence-corrected chi connectivity index (χ1v) is 5.59. The number of aromatic nitrogens is 1. The lowest BCUT2D eigenvalue weighted by Crippen LogP contribution is -2.24. The molecule has 0 aliphatic rings. The summed E-state index contributed by atoms with van der Waals surface area (Å²) in [6.07, 6.45) is 0.267. The van der Waals surface area contributed by atoms with Crippen LogP contribution in [-0.4, -0.2) is 29.9 Å². The molecular formula is C10H17NO2S. The highest BCUT2D eigenvalue weighted by atomic mass is 32.1. The Kier molecular flexibility index (Phi) is 4.51. The number of hydrogen-bond acceptors (Lipinski definition) is 4. The fourth-order valence-corrected chi connectivity index (χ4v) is 2.07. The van der Waals surface area contributed by atoms with Crippen LogP contribution in [0.3, 0.4) is 0 Å². The van der Waals surface area contributed by atoms with Gasteiger partial charge < -0.3 is 9.84 Å². The molecule has 1 N–H and O–H groups in total. The molecule has 80 valence electrons. The van der Waals surface area contributed by atoms with Crippen molar-refractivity contribution in [2.45, 2.75) is 26.4 Å². The molecule has 0 aliphatic heterocycles. The maximum Gasteiger partial charge on any atom is 0.0954 e. The van der Waals surface area contributed by atoms with E-state index in [9.17, 15) is 5.11 Å². The number of thiazole rings is 1. The van der Waals surface area contributed by atoms with Gasteiger partial charge in [-0.2, -0.15) is 0 Å². The predicted molar refractivity (Wildman–Crippen MR) is 57.6 cm³/mol. The smallest absolute Gasteiger partial charge is 0.0954 e. The van der Waals surface area contributed by atoms with Gasteiger partial charge in [0.05, 0.1) is 17.7 Å². The first kappa shape index (κ1) is 11.6. The molecule has 0 aliphatic carbocycles. The molecule has 2 unspecified atom stereocenters. The van der Waals surface area contributed by atoms with E-state index in [0.29, 0.717) is 13.0 Å². The standard InChI is InChI=1S/C10H17NO2S/c1-7(5-13-3)9(12)4-10-11-8(2)6-14-10/h6-7,9,12H,4-5H2,1-3H3. The van der Waals surface area contributed by atoms with Crippen molar-refractivity contribution in [3.63, 3.8) is 0 Å². The van der Waals surface area contributed by atoms with Gasteiger partial charge in [-0.3, -0.25) is 0 Å². The van der Waals surface area contributed by atoms with Gasteiger partial charge in [0, 0.05) is 30.5 Å². The third-order valence-corrected chi connectivity index (χ3v) is 3.13. The van der Waals surface area contributed by atoms with Gasteiger partial charge in [-0.15, -0.1) is 11.3 Å². The van der Waals surface area contributed by atoms with E-state index in [0.717, 1.165) is 10.7 Å². The fourth-order valence-electron chi connectivity index (χ4n) is 1.25. The van der Waals surface area contributed by atoms with Crippen LogP contribution in [-0.2, 0) is 11.2 Å². The van der Waals surface area contributed by atoms with Gasteiger partial charge in [0.25, 0.3) is 0 Å². The highest BCUT2D eigenvalue weighted by Crippen LogP contribution is 2.14. The van der Waals surface area contributed by atoms with Gasteiger partial charge in [0.15, 0.2) is 0 Å². The Morgan fingerprint density at radius 2 is 2.36 bits per heavy atom. The summed E-state index contributed by atoms with van der Waals surface area (Å²) in [5.74, 6) is 0.157. The van der Waals surface area contributed by atoms with Crippen molar-refractivity contribution in [1.29, 1.82) is 0 Å². The SMILES string of the molecule is COCC(C)C(O)Cc1nc(C)cs1. The molecule has 2 atom stereocenters. The number of aryl methyl sites for hydroxylation is 1. The number of hydrogen-bond donors (Lipinski definition) is 1. The summed E-state index contributed by atoms with van der Waals surface area (Å²) in [6, 6.07) is 0. The number of aliphatic hydroxyl groups is 1. The second kappa shape index (κ2) is 5.44. The molecule has 1 aromatic heterocycles. The Bertz CT molecular complexity index is 275. The summed E-state index contributed by atoms with van der Waals surface area (Å²) in [4.78, 5) is 4.31. The third-order valence-electron chi connectivity index (χ3n) is 2.14. The van der Waals surface area contributed by atoms with Crippen molar-refractivity contribution >= 4 is 11.3 Å². The zero-order valence-electron chi connectivity index (χ0n) is 8.86. The Balaban J connectivity index is 2.43. The van der Waals surface area contributed by atoms with E-state index in [4.69, 9.17) is 4.74 Å². The first-order valence-electron chi connectivity index (χ1n) is 4.71. The molecule has 0 bridgehead atoms. The van der Waals surface area contributed by atoms with E-state index < -0.39 is 0 Å². The quantitative estimate of drug-likeness (QED) is 0.812. The number of methoxy groups -OCH3 is 1.